The standard InChI is InChI=1S/C16H26O2S/c1-4-6-7-8-9-10-11-16(3)14(18-12-5-2)13-15(17)19-16/h5,13H,2,4,6-12H2,1,3H3. The van der Waals surface area contributed by atoms with Gasteiger partial charge in [-0.25, -0.2) is 0 Å². The largest absolute Gasteiger partial charge is 0.492 e. The van der Waals surface area contributed by atoms with E-state index in [4.69, 9.17) is 4.74 Å². The van der Waals surface area contributed by atoms with E-state index in [1.54, 1.807) is 12.2 Å². The Morgan fingerprint density at radius 2 is 2.00 bits per heavy atom. The highest BCUT2D eigenvalue weighted by atomic mass is 32.2. The number of hydrogen-bond acceptors (Lipinski definition) is 3. The van der Waals surface area contributed by atoms with Crippen LogP contribution in [0.1, 0.15) is 58.8 Å². The summed E-state index contributed by atoms with van der Waals surface area (Å²) in [5.74, 6) is 0.830. The van der Waals surface area contributed by atoms with Gasteiger partial charge in [-0.15, -0.1) is 0 Å². The lowest BCUT2D eigenvalue weighted by Crippen LogP contribution is -2.22. The van der Waals surface area contributed by atoms with Crippen molar-refractivity contribution in [1.29, 1.82) is 0 Å². The van der Waals surface area contributed by atoms with E-state index in [1.165, 1.54) is 43.9 Å². The third-order valence-corrected chi connectivity index (χ3v) is 4.63. The van der Waals surface area contributed by atoms with Crippen LogP contribution >= 0.6 is 11.8 Å². The Morgan fingerprint density at radius 3 is 2.68 bits per heavy atom. The summed E-state index contributed by atoms with van der Waals surface area (Å²) in [6.07, 6.45) is 12.0. The van der Waals surface area contributed by atoms with Crippen molar-refractivity contribution in [1.82, 2.24) is 0 Å². The average molecular weight is 282 g/mol. The Morgan fingerprint density at radius 1 is 1.32 bits per heavy atom. The number of ether oxygens (including phenoxy) is 1. The molecule has 0 bridgehead atoms. The van der Waals surface area contributed by atoms with Crippen molar-refractivity contribution in [3.05, 3.63) is 24.5 Å². The summed E-state index contributed by atoms with van der Waals surface area (Å²) < 4.78 is 5.47. The van der Waals surface area contributed by atoms with Crippen molar-refractivity contribution < 1.29 is 9.53 Å². The van der Waals surface area contributed by atoms with Gasteiger partial charge < -0.3 is 4.74 Å². The summed E-state index contributed by atoms with van der Waals surface area (Å²) in [4.78, 5) is 11.6. The minimum absolute atomic E-state index is 0.118. The van der Waals surface area contributed by atoms with Crippen molar-refractivity contribution >= 4 is 16.9 Å². The van der Waals surface area contributed by atoms with Crippen LogP contribution in [0.2, 0.25) is 0 Å². The molecule has 2 nitrogen and oxygen atoms in total. The monoisotopic (exact) mass is 282 g/mol. The van der Waals surface area contributed by atoms with Crippen LogP contribution in [0.3, 0.4) is 0 Å². The molecule has 1 heterocycles. The van der Waals surface area contributed by atoms with Crippen LogP contribution in [0, 0.1) is 0 Å². The van der Waals surface area contributed by atoms with Gasteiger partial charge in [0, 0.05) is 6.08 Å². The van der Waals surface area contributed by atoms with Crippen molar-refractivity contribution in [2.75, 3.05) is 6.61 Å². The summed E-state index contributed by atoms with van der Waals surface area (Å²) in [6.45, 7) is 8.47. The van der Waals surface area contributed by atoms with Crippen molar-refractivity contribution in [2.24, 2.45) is 0 Å². The molecule has 19 heavy (non-hydrogen) atoms. The molecule has 0 saturated heterocycles. The summed E-state index contributed by atoms with van der Waals surface area (Å²) in [7, 11) is 0. The molecule has 3 heteroatoms. The number of carbonyl (C=O) groups is 1. The summed E-state index contributed by atoms with van der Waals surface area (Å²) in [5, 5.41) is 0.118. The number of hydrogen-bond donors (Lipinski definition) is 0. The van der Waals surface area contributed by atoms with E-state index in [1.807, 2.05) is 0 Å². The molecule has 108 valence electrons. The molecule has 1 unspecified atom stereocenters. The first-order valence-corrected chi connectivity index (χ1v) is 8.13. The van der Waals surface area contributed by atoms with Crippen LogP contribution in [-0.2, 0) is 9.53 Å². The Hall–Kier alpha value is -0.700. The molecule has 0 N–H and O–H groups in total. The molecular formula is C16H26O2S. The number of unbranched alkanes of at least 4 members (excludes halogenated alkanes) is 5. The minimum Gasteiger partial charge on any atom is -0.492 e. The van der Waals surface area contributed by atoms with E-state index in [-0.39, 0.29) is 9.86 Å². The average Bonchev–Trinajstić information content (AvgIpc) is 2.66. The minimum atomic E-state index is -0.162. The third-order valence-electron chi connectivity index (χ3n) is 3.46. The van der Waals surface area contributed by atoms with E-state index in [9.17, 15) is 4.79 Å². The number of thioether (sulfide) groups is 1. The Balaban J connectivity index is 2.35. The van der Waals surface area contributed by atoms with E-state index in [0.717, 1.165) is 18.6 Å². The number of rotatable bonds is 10. The summed E-state index contributed by atoms with van der Waals surface area (Å²) in [5.41, 5.74) is 0. The quantitative estimate of drug-likeness (QED) is 0.423. The Labute approximate surface area is 121 Å². The van der Waals surface area contributed by atoms with Gasteiger partial charge in [0.25, 0.3) is 0 Å². The lowest BCUT2D eigenvalue weighted by atomic mass is 9.99. The molecule has 0 spiro atoms. The fraction of sp³-hybridized carbons (Fsp3) is 0.688. The first-order chi connectivity index (χ1) is 9.12. The van der Waals surface area contributed by atoms with Gasteiger partial charge >= 0.3 is 0 Å². The van der Waals surface area contributed by atoms with Crippen molar-refractivity contribution in [2.45, 2.75) is 63.5 Å². The van der Waals surface area contributed by atoms with Crippen molar-refractivity contribution in [3.63, 3.8) is 0 Å². The molecule has 1 aliphatic heterocycles. The smallest absolute Gasteiger partial charge is 0.216 e. The fourth-order valence-corrected chi connectivity index (χ4v) is 3.40. The molecule has 0 fully saturated rings. The van der Waals surface area contributed by atoms with Gasteiger partial charge in [-0.05, 0) is 13.3 Å². The van der Waals surface area contributed by atoms with Crippen molar-refractivity contribution in [3.8, 4) is 0 Å². The van der Waals surface area contributed by atoms with Crippen LogP contribution in [0.15, 0.2) is 24.5 Å². The van der Waals surface area contributed by atoms with Gasteiger partial charge in [-0.1, -0.05) is 69.9 Å². The maximum Gasteiger partial charge on any atom is 0.216 e. The molecule has 1 rings (SSSR count). The molecule has 0 amide bonds. The third kappa shape index (κ3) is 5.43. The molecule has 0 aliphatic carbocycles. The lowest BCUT2D eigenvalue weighted by Gasteiger charge is -2.25. The molecule has 0 radical (unpaired) electrons. The van der Waals surface area contributed by atoms with Crippen LogP contribution in [0.5, 0.6) is 0 Å². The maximum atomic E-state index is 11.6. The van der Waals surface area contributed by atoms with E-state index in [2.05, 4.69) is 20.4 Å². The highest BCUT2D eigenvalue weighted by Crippen LogP contribution is 2.43. The van der Waals surface area contributed by atoms with E-state index in [0.29, 0.717) is 6.61 Å². The first-order valence-electron chi connectivity index (χ1n) is 7.31. The molecule has 0 saturated carbocycles. The van der Waals surface area contributed by atoms with Gasteiger partial charge in [0.05, 0.1) is 4.75 Å². The normalized spacial score (nSPS) is 22.4. The predicted molar refractivity (Wildman–Crippen MR) is 83.2 cm³/mol. The highest BCUT2D eigenvalue weighted by molar-refractivity contribution is 8.15. The van der Waals surface area contributed by atoms with Gasteiger partial charge in [0.1, 0.15) is 12.4 Å². The fourth-order valence-electron chi connectivity index (χ4n) is 2.32. The van der Waals surface area contributed by atoms with Gasteiger partial charge in [-0.3, -0.25) is 4.79 Å². The molecular weight excluding hydrogens is 256 g/mol. The molecule has 0 aromatic carbocycles. The van der Waals surface area contributed by atoms with E-state index < -0.39 is 0 Å². The zero-order valence-electron chi connectivity index (χ0n) is 12.2. The second-order valence-corrected chi connectivity index (χ2v) is 6.79. The lowest BCUT2D eigenvalue weighted by molar-refractivity contribution is -0.107. The molecule has 0 aromatic heterocycles. The van der Waals surface area contributed by atoms with Gasteiger partial charge in [0.15, 0.2) is 0 Å². The van der Waals surface area contributed by atoms with Crippen LogP contribution < -0.4 is 0 Å². The summed E-state index contributed by atoms with van der Waals surface area (Å²) in [6, 6.07) is 0. The second-order valence-electron chi connectivity index (χ2n) is 5.28. The Kier molecular flexibility index (Phi) is 7.29. The topological polar surface area (TPSA) is 26.3 Å². The number of carbonyl (C=O) groups excluding carboxylic acids is 1. The molecule has 1 atom stereocenters. The molecule has 0 aromatic rings. The predicted octanol–water partition coefficient (Wildman–Crippen LogP) is 4.86. The molecule has 1 aliphatic rings. The van der Waals surface area contributed by atoms with Crippen LogP contribution in [0.4, 0.5) is 0 Å². The van der Waals surface area contributed by atoms with E-state index >= 15 is 0 Å². The Bertz CT molecular complexity index is 336. The first kappa shape index (κ1) is 16.4. The zero-order chi connectivity index (χ0) is 14.1. The maximum absolute atomic E-state index is 11.6. The SMILES string of the molecule is C=CCOC1=CC(=O)SC1(C)CCCCCCCC. The van der Waals surface area contributed by atoms with Gasteiger partial charge in [0.2, 0.25) is 5.12 Å². The highest BCUT2D eigenvalue weighted by Gasteiger charge is 2.38. The summed E-state index contributed by atoms with van der Waals surface area (Å²) >= 11 is 1.40. The van der Waals surface area contributed by atoms with Crippen LogP contribution in [-0.4, -0.2) is 16.5 Å². The zero-order valence-corrected chi connectivity index (χ0v) is 13.1. The van der Waals surface area contributed by atoms with Gasteiger partial charge in [-0.2, -0.15) is 0 Å². The van der Waals surface area contributed by atoms with Crippen LogP contribution in [0.25, 0.3) is 0 Å². The second kappa shape index (κ2) is 8.47.